The number of para-hydroxylation sites is 2. The minimum atomic E-state index is -0.0351. The Morgan fingerprint density at radius 3 is 1.08 bits per heavy atom. The Labute approximate surface area is 210 Å². The maximum Gasteiger partial charge on any atom is 0.226 e. The quantitative estimate of drug-likeness (QED) is 0.231. The van der Waals surface area contributed by atoms with Crippen molar-refractivity contribution in [2.75, 3.05) is 0 Å². The lowest BCUT2D eigenvalue weighted by atomic mass is 10.1. The van der Waals surface area contributed by atoms with E-state index in [1.54, 1.807) is 0 Å². The zero-order valence-electron chi connectivity index (χ0n) is 19.7. The van der Waals surface area contributed by atoms with Crippen molar-refractivity contribution in [2.24, 2.45) is 0 Å². The number of benzene rings is 4. The standard InChI is InChI=1S/C33H24N2O/c36-33(31-23-21-29(25-13-5-1-6-14-25)34(31)27-17-9-3-10-18-27)32-24-22-30(26-15-7-2-8-16-26)35(32)28-19-11-4-12-20-28/h1-24H. The van der Waals surface area contributed by atoms with Crippen molar-refractivity contribution in [1.82, 2.24) is 9.13 Å². The van der Waals surface area contributed by atoms with Crippen LogP contribution in [-0.4, -0.2) is 14.9 Å². The molecule has 0 radical (unpaired) electrons. The Balaban J connectivity index is 1.56. The number of hydrogen-bond acceptors (Lipinski definition) is 1. The molecule has 0 atom stereocenters. The van der Waals surface area contributed by atoms with Crippen molar-refractivity contribution >= 4 is 5.78 Å². The van der Waals surface area contributed by atoms with Gasteiger partial charge in [-0.05, 0) is 59.7 Å². The summed E-state index contributed by atoms with van der Waals surface area (Å²) in [6, 6.07) is 48.4. The van der Waals surface area contributed by atoms with Gasteiger partial charge < -0.3 is 9.13 Å². The predicted molar refractivity (Wildman–Crippen MR) is 146 cm³/mol. The van der Waals surface area contributed by atoms with Gasteiger partial charge in [0.25, 0.3) is 0 Å². The van der Waals surface area contributed by atoms with E-state index in [0.29, 0.717) is 11.4 Å². The zero-order chi connectivity index (χ0) is 24.3. The molecule has 0 aliphatic carbocycles. The van der Waals surface area contributed by atoms with Gasteiger partial charge in [-0.25, -0.2) is 0 Å². The summed E-state index contributed by atoms with van der Waals surface area (Å²) in [4.78, 5) is 14.3. The van der Waals surface area contributed by atoms with E-state index in [4.69, 9.17) is 0 Å². The molecule has 172 valence electrons. The third kappa shape index (κ3) is 3.87. The first-order chi connectivity index (χ1) is 17.8. The largest absolute Gasteiger partial charge is 0.306 e. The van der Waals surface area contributed by atoms with E-state index in [9.17, 15) is 4.79 Å². The number of aromatic nitrogens is 2. The Kier molecular flexibility index (Phi) is 5.65. The van der Waals surface area contributed by atoms with Gasteiger partial charge in [-0.3, -0.25) is 4.79 Å². The highest BCUT2D eigenvalue weighted by molar-refractivity contribution is 6.09. The second-order valence-corrected chi connectivity index (χ2v) is 8.61. The first-order valence-corrected chi connectivity index (χ1v) is 12.0. The Morgan fingerprint density at radius 2 is 0.722 bits per heavy atom. The minimum absolute atomic E-state index is 0.0351. The Bertz CT molecular complexity index is 1490. The van der Waals surface area contributed by atoms with Crippen molar-refractivity contribution in [2.45, 2.75) is 0 Å². The van der Waals surface area contributed by atoms with Crippen LogP contribution in [0.25, 0.3) is 33.9 Å². The maximum absolute atomic E-state index is 14.3. The first-order valence-electron chi connectivity index (χ1n) is 12.0. The monoisotopic (exact) mass is 464 g/mol. The second-order valence-electron chi connectivity index (χ2n) is 8.61. The lowest BCUT2D eigenvalue weighted by molar-refractivity contribution is 0.102. The second kappa shape index (κ2) is 9.40. The van der Waals surface area contributed by atoms with Crippen molar-refractivity contribution in [3.05, 3.63) is 157 Å². The van der Waals surface area contributed by atoms with E-state index in [-0.39, 0.29) is 5.78 Å². The molecule has 0 spiro atoms. The van der Waals surface area contributed by atoms with Gasteiger partial charge in [-0.1, -0.05) is 97.1 Å². The lowest BCUT2D eigenvalue weighted by Crippen LogP contribution is -2.14. The number of carbonyl (C=O) groups excluding carboxylic acids is 1. The molecule has 6 rings (SSSR count). The van der Waals surface area contributed by atoms with Gasteiger partial charge in [-0.2, -0.15) is 0 Å². The van der Waals surface area contributed by atoms with E-state index in [1.807, 2.05) is 121 Å². The van der Waals surface area contributed by atoms with Crippen LogP contribution in [-0.2, 0) is 0 Å². The Hall–Kier alpha value is -4.89. The molecule has 2 heterocycles. The summed E-state index contributed by atoms with van der Waals surface area (Å²) < 4.78 is 4.12. The topological polar surface area (TPSA) is 26.9 Å². The zero-order valence-corrected chi connectivity index (χ0v) is 19.7. The number of carbonyl (C=O) groups is 1. The van der Waals surface area contributed by atoms with Gasteiger partial charge in [0.2, 0.25) is 5.78 Å². The van der Waals surface area contributed by atoms with Crippen LogP contribution in [0.1, 0.15) is 16.2 Å². The highest BCUT2D eigenvalue weighted by Gasteiger charge is 2.23. The van der Waals surface area contributed by atoms with Crippen LogP contribution in [0.4, 0.5) is 0 Å². The average molecular weight is 465 g/mol. The Morgan fingerprint density at radius 1 is 0.389 bits per heavy atom. The molecule has 0 N–H and O–H groups in total. The average Bonchev–Trinajstić information content (AvgIpc) is 3.60. The van der Waals surface area contributed by atoms with Gasteiger partial charge in [-0.15, -0.1) is 0 Å². The molecule has 0 aliphatic heterocycles. The minimum Gasteiger partial charge on any atom is -0.306 e. The normalized spacial score (nSPS) is 10.9. The van der Waals surface area contributed by atoms with E-state index < -0.39 is 0 Å². The van der Waals surface area contributed by atoms with Crippen LogP contribution >= 0.6 is 0 Å². The first kappa shape index (κ1) is 21.6. The molecule has 3 heteroatoms. The highest BCUT2D eigenvalue weighted by atomic mass is 16.1. The van der Waals surface area contributed by atoms with E-state index >= 15 is 0 Å². The van der Waals surface area contributed by atoms with Crippen molar-refractivity contribution in [1.29, 1.82) is 0 Å². The van der Waals surface area contributed by atoms with Crippen LogP contribution < -0.4 is 0 Å². The number of rotatable bonds is 6. The predicted octanol–water partition coefficient (Wildman–Crippen LogP) is 7.83. The van der Waals surface area contributed by atoms with Crippen LogP contribution in [0.3, 0.4) is 0 Å². The van der Waals surface area contributed by atoms with Crippen LogP contribution in [0.5, 0.6) is 0 Å². The van der Waals surface area contributed by atoms with Crippen LogP contribution in [0.15, 0.2) is 146 Å². The van der Waals surface area contributed by atoms with Gasteiger partial charge in [0.1, 0.15) is 0 Å². The molecule has 0 saturated carbocycles. The summed E-state index contributed by atoms with van der Waals surface area (Å²) in [6.45, 7) is 0. The molecule has 0 unspecified atom stereocenters. The third-order valence-electron chi connectivity index (χ3n) is 6.39. The molecular formula is C33H24N2O. The molecule has 6 aromatic rings. The van der Waals surface area contributed by atoms with E-state index in [0.717, 1.165) is 33.9 Å². The van der Waals surface area contributed by atoms with E-state index in [2.05, 4.69) is 33.4 Å². The summed E-state index contributed by atoms with van der Waals surface area (Å²) in [5, 5.41) is 0. The molecule has 2 aromatic heterocycles. The SMILES string of the molecule is O=C(c1ccc(-c2ccccc2)n1-c1ccccc1)c1ccc(-c2ccccc2)n1-c1ccccc1. The van der Waals surface area contributed by atoms with E-state index in [1.165, 1.54) is 0 Å². The molecule has 0 aliphatic rings. The smallest absolute Gasteiger partial charge is 0.226 e. The van der Waals surface area contributed by atoms with Crippen molar-refractivity contribution < 1.29 is 4.79 Å². The summed E-state index contributed by atoms with van der Waals surface area (Å²) in [5.74, 6) is -0.0351. The number of ketones is 1. The fourth-order valence-electron chi connectivity index (χ4n) is 4.74. The van der Waals surface area contributed by atoms with Crippen LogP contribution in [0, 0.1) is 0 Å². The summed E-state index contributed by atoms with van der Waals surface area (Å²) in [6.07, 6.45) is 0. The molecule has 0 bridgehead atoms. The van der Waals surface area contributed by atoms with Gasteiger partial charge in [0, 0.05) is 11.4 Å². The highest BCUT2D eigenvalue weighted by Crippen LogP contribution is 2.31. The summed E-state index contributed by atoms with van der Waals surface area (Å²) in [7, 11) is 0. The summed E-state index contributed by atoms with van der Waals surface area (Å²) in [5.41, 5.74) is 7.21. The molecule has 4 aromatic carbocycles. The summed E-state index contributed by atoms with van der Waals surface area (Å²) >= 11 is 0. The number of hydrogen-bond donors (Lipinski definition) is 0. The van der Waals surface area contributed by atoms with Gasteiger partial charge in [0.05, 0.1) is 22.8 Å². The molecule has 0 amide bonds. The molecule has 36 heavy (non-hydrogen) atoms. The van der Waals surface area contributed by atoms with Crippen LogP contribution in [0.2, 0.25) is 0 Å². The van der Waals surface area contributed by atoms with Gasteiger partial charge >= 0.3 is 0 Å². The third-order valence-corrected chi connectivity index (χ3v) is 6.39. The van der Waals surface area contributed by atoms with Crippen molar-refractivity contribution in [3.8, 4) is 33.9 Å². The lowest BCUT2D eigenvalue weighted by Gasteiger charge is -2.16. The van der Waals surface area contributed by atoms with Gasteiger partial charge in [0.15, 0.2) is 0 Å². The number of nitrogens with zero attached hydrogens (tertiary/aromatic N) is 2. The molecule has 0 fully saturated rings. The fraction of sp³-hybridized carbons (Fsp3) is 0. The van der Waals surface area contributed by atoms with Crippen molar-refractivity contribution in [3.63, 3.8) is 0 Å². The fourth-order valence-corrected chi connectivity index (χ4v) is 4.74. The molecule has 0 saturated heterocycles. The molecular weight excluding hydrogens is 440 g/mol. The maximum atomic E-state index is 14.3. The molecule has 3 nitrogen and oxygen atoms in total.